The molecule has 1 amide bonds. The van der Waals surface area contributed by atoms with E-state index in [0.29, 0.717) is 0 Å². The molecule has 0 aromatic rings. The first-order valence-corrected chi connectivity index (χ1v) is 6.68. The van der Waals surface area contributed by atoms with Crippen molar-refractivity contribution in [1.29, 1.82) is 0 Å². The Labute approximate surface area is 118 Å². The second kappa shape index (κ2) is 7.25. The number of nitrogens with two attached hydrogens (primary N) is 1. The van der Waals surface area contributed by atoms with Crippen LogP contribution in [-0.4, -0.2) is 41.5 Å². The van der Waals surface area contributed by atoms with E-state index >= 15 is 0 Å². The van der Waals surface area contributed by atoms with Crippen molar-refractivity contribution in [1.82, 2.24) is 5.32 Å². The molecule has 0 fully saturated rings. The third-order valence-electron chi connectivity index (χ3n) is 3.11. The van der Waals surface area contributed by atoms with Gasteiger partial charge in [-0.2, -0.15) is 0 Å². The molecule has 7 nitrogen and oxygen atoms in total. The average Bonchev–Trinajstić information content (AvgIpc) is 2.38. The molecule has 7 heteroatoms. The van der Waals surface area contributed by atoms with E-state index in [9.17, 15) is 9.59 Å². The second-order valence-electron chi connectivity index (χ2n) is 4.70. The van der Waals surface area contributed by atoms with Gasteiger partial charge in [0.1, 0.15) is 6.04 Å². The van der Waals surface area contributed by atoms with Crippen LogP contribution in [0.5, 0.6) is 0 Å². The Morgan fingerprint density at radius 2 is 2.10 bits per heavy atom. The van der Waals surface area contributed by atoms with E-state index in [4.69, 9.17) is 20.3 Å². The maximum atomic E-state index is 11.2. The number of carboxylic acid groups (broad SMARTS) is 1. The summed E-state index contributed by atoms with van der Waals surface area (Å²) in [4.78, 5) is 22.2. The Bertz CT molecular complexity index is 392. The zero-order chi connectivity index (χ0) is 15.3. The standard InChI is InChI=1S/C13H22N2O5/c1-4-8(5-2)19-13-11(15-7(3)16)9(14)6-10(20-13)12(17)18/h6,8-9,11,13H,4-5,14H2,1-3H3,(H,15,16)(H,17,18)/t9-,11+,13+/m0/s1. The first-order valence-electron chi connectivity index (χ1n) is 6.68. The van der Waals surface area contributed by atoms with Gasteiger partial charge in [-0.15, -0.1) is 0 Å². The minimum absolute atomic E-state index is 0.0865. The van der Waals surface area contributed by atoms with E-state index < -0.39 is 24.3 Å². The van der Waals surface area contributed by atoms with Crippen molar-refractivity contribution in [2.75, 3.05) is 0 Å². The highest BCUT2D eigenvalue weighted by molar-refractivity contribution is 5.84. The Morgan fingerprint density at radius 3 is 2.55 bits per heavy atom. The summed E-state index contributed by atoms with van der Waals surface area (Å²) in [5, 5.41) is 11.6. The van der Waals surface area contributed by atoms with Crippen molar-refractivity contribution in [3.63, 3.8) is 0 Å². The van der Waals surface area contributed by atoms with Crippen LogP contribution in [0.15, 0.2) is 11.8 Å². The summed E-state index contributed by atoms with van der Waals surface area (Å²) in [7, 11) is 0. The highest BCUT2D eigenvalue weighted by Crippen LogP contribution is 2.21. The lowest BCUT2D eigenvalue weighted by molar-refractivity contribution is -0.184. The zero-order valence-corrected chi connectivity index (χ0v) is 12.0. The average molecular weight is 286 g/mol. The Morgan fingerprint density at radius 1 is 1.50 bits per heavy atom. The number of amides is 1. The smallest absolute Gasteiger partial charge is 0.371 e. The Balaban J connectivity index is 2.92. The summed E-state index contributed by atoms with van der Waals surface area (Å²) in [6, 6.07) is -1.30. The summed E-state index contributed by atoms with van der Waals surface area (Å²) in [6.45, 7) is 5.27. The van der Waals surface area contributed by atoms with E-state index in [-0.39, 0.29) is 17.8 Å². The fourth-order valence-corrected chi connectivity index (χ4v) is 2.00. The van der Waals surface area contributed by atoms with Crippen LogP contribution < -0.4 is 11.1 Å². The molecule has 4 N–H and O–H groups in total. The SMILES string of the molecule is CCC(CC)O[C@@H]1OC(C(=O)O)=C[C@H](N)[C@H]1NC(C)=O. The third-order valence-corrected chi connectivity index (χ3v) is 3.11. The normalized spacial score (nSPS) is 25.9. The molecular weight excluding hydrogens is 264 g/mol. The number of carbonyl (C=O) groups is 2. The van der Waals surface area contributed by atoms with Crippen LogP contribution in [0.25, 0.3) is 0 Å². The van der Waals surface area contributed by atoms with Crippen LogP contribution in [0, 0.1) is 0 Å². The van der Waals surface area contributed by atoms with Gasteiger partial charge < -0.3 is 25.6 Å². The molecule has 0 unspecified atom stereocenters. The van der Waals surface area contributed by atoms with Gasteiger partial charge in [-0.3, -0.25) is 4.79 Å². The van der Waals surface area contributed by atoms with Crippen LogP contribution in [0.1, 0.15) is 33.6 Å². The van der Waals surface area contributed by atoms with E-state index in [0.717, 1.165) is 12.8 Å². The molecule has 0 radical (unpaired) electrons. The number of rotatable bonds is 6. The lowest BCUT2D eigenvalue weighted by Gasteiger charge is -2.36. The number of carboxylic acids is 1. The van der Waals surface area contributed by atoms with Crippen molar-refractivity contribution in [2.45, 2.75) is 58.1 Å². The fourth-order valence-electron chi connectivity index (χ4n) is 2.00. The quantitative estimate of drug-likeness (QED) is 0.649. The number of carbonyl (C=O) groups excluding carboxylic acids is 1. The van der Waals surface area contributed by atoms with Gasteiger partial charge in [-0.25, -0.2) is 4.79 Å². The molecule has 1 heterocycles. The van der Waals surface area contributed by atoms with Crippen LogP contribution >= 0.6 is 0 Å². The molecule has 0 aromatic carbocycles. The molecule has 0 aliphatic carbocycles. The second-order valence-corrected chi connectivity index (χ2v) is 4.70. The summed E-state index contributed by atoms with van der Waals surface area (Å²) in [5.74, 6) is -1.74. The molecule has 1 rings (SSSR count). The Kier molecular flexibility index (Phi) is 5.97. The zero-order valence-electron chi connectivity index (χ0n) is 12.0. The van der Waals surface area contributed by atoms with Gasteiger partial charge >= 0.3 is 5.97 Å². The third kappa shape index (κ3) is 4.21. The fraction of sp³-hybridized carbons (Fsp3) is 0.692. The first-order chi connectivity index (χ1) is 9.38. The van der Waals surface area contributed by atoms with E-state index in [1.165, 1.54) is 13.0 Å². The number of ether oxygens (including phenoxy) is 2. The van der Waals surface area contributed by atoms with Gasteiger partial charge in [-0.1, -0.05) is 13.8 Å². The lowest BCUT2D eigenvalue weighted by atomic mass is 10.0. The lowest BCUT2D eigenvalue weighted by Crippen LogP contribution is -2.57. The first kappa shape index (κ1) is 16.5. The van der Waals surface area contributed by atoms with E-state index in [1.807, 2.05) is 13.8 Å². The minimum atomic E-state index is -1.21. The molecule has 1 aliphatic rings. The van der Waals surface area contributed by atoms with Crippen LogP contribution in [0.4, 0.5) is 0 Å². The van der Waals surface area contributed by atoms with E-state index in [2.05, 4.69) is 5.32 Å². The molecule has 3 atom stereocenters. The topological polar surface area (TPSA) is 111 Å². The summed E-state index contributed by atoms with van der Waals surface area (Å²) >= 11 is 0. The number of hydrogen-bond donors (Lipinski definition) is 3. The molecule has 0 bridgehead atoms. The Hall–Kier alpha value is -1.60. The van der Waals surface area contributed by atoms with Gasteiger partial charge in [0, 0.05) is 6.92 Å². The number of hydrogen-bond acceptors (Lipinski definition) is 5. The van der Waals surface area contributed by atoms with Gasteiger partial charge in [0.2, 0.25) is 18.0 Å². The van der Waals surface area contributed by atoms with Crippen molar-refractivity contribution < 1.29 is 24.2 Å². The summed E-state index contributed by atoms with van der Waals surface area (Å²) in [5.41, 5.74) is 5.89. The van der Waals surface area contributed by atoms with Gasteiger partial charge in [0.05, 0.1) is 12.1 Å². The molecule has 1 aliphatic heterocycles. The van der Waals surface area contributed by atoms with Gasteiger partial charge in [-0.05, 0) is 18.9 Å². The van der Waals surface area contributed by atoms with Crippen LogP contribution in [0.2, 0.25) is 0 Å². The van der Waals surface area contributed by atoms with Crippen molar-refractivity contribution in [3.8, 4) is 0 Å². The summed E-state index contributed by atoms with van der Waals surface area (Å²) in [6.07, 6.45) is 1.79. The van der Waals surface area contributed by atoms with Crippen molar-refractivity contribution >= 4 is 11.9 Å². The monoisotopic (exact) mass is 286 g/mol. The minimum Gasteiger partial charge on any atom is -0.475 e. The highest BCUT2D eigenvalue weighted by Gasteiger charge is 2.37. The predicted molar refractivity (Wildman–Crippen MR) is 71.6 cm³/mol. The van der Waals surface area contributed by atoms with Crippen LogP contribution in [-0.2, 0) is 19.1 Å². The molecule has 20 heavy (non-hydrogen) atoms. The molecule has 0 spiro atoms. The molecular formula is C13H22N2O5. The molecule has 0 saturated heterocycles. The molecule has 0 saturated carbocycles. The molecule has 114 valence electrons. The maximum absolute atomic E-state index is 11.2. The predicted octanol–water partition coefficient (Wildman–Crippen LogP) is 0.348. The highest BCUT2D eigenvalue weighted by atomic mass is 16.7. The van der Waals surface area contributed by atoms with Crippen molar-refractivity contribution in [2.24, 2.45) is 5.73 Å². The summed E-state index contributed by atoms with van der Waals surface area (Å²) < 4.78 is 11.0. The van der Waals surface area contributed by atoms with Gasteiger partial charge in [0.15, 0.2) is 0 Å². The largest absolute Gasteiger partial charge is 0.475 e. The van der Waals surface area contributed by atoms with Crippen LogP contribution in [0.3, 0.4) is 0 Å². The number of aliphatic carboxylic acids is 1. The number of nitrogens with one attached hydrogen (secondary N) is 1. The maximum Gasteiger partial charge on any atom is 0.371 e. The van der Waals surface area contributed by atoms with Crippen molar-refractivity contribution in [3.05, 3.63) is 11.8 Å². The van der Waals surface area contributed by atoms with E-state index in [1.54, 1.807) is 0 Å². The van der Waals surface area contributed by atoms with Gasteiger partial charge in [0.25, 0.3) is 0 Å². The molecule has 0 aromatic heterocycles.